The summed E-state index contributed by atoms with van der Waals surface area (Å²) in [6.45, 7) is 6.35. The second-order valence-electron chi connectivity index (χ2n) is 7.57. The molecule has 0 aliphatic carbocycles. The predicted octanol–water partition coefficient (Wildman–Crippen LogP) is 5.11. The highest BCUT2D eigenvalue weighted by molar-refractivity contribution is 5.85. The van der Waals surface area contributed by atoms with Crippen LogP contribution in [-0.4, -0.2) is 36.5 Å². The molecule has 0 fully saturated rings. The van der Waals surface area contributed by atoms with Crippen molar-refractivity contribution < 1.29 is 19.4 Å². The molecular formula is C22H42O4. The molecule has 4 heteroatoms. The lowest BCUT2D eigenvalue weighted by Gasteiger charge is -2.17. The summed E-state index contributed by atoms with van der Waals surface area (Å²) in [7, 11) is 0. The summed E-state index contributed by atoms with van der Waals surface area (Å²) in [6, 6.07) is 0. The summed E-state index contributed by atoms with van der Waals surface area (Å²) in [4.78, 5) is 23.7. The molecule has 0 aliphatic heterocycles. The van der Waals surface area contributed by atoms with Crippen LogP contribution < -0.4 is 0 Å². The van der Waals surface area contributed by atoms with Crippen LogP contribution in [0.25, 0.3) is 0 Å². The van der Waals surface area contributed by atoms with Crippen LogP contribution in [0.5, 0.6) is 0 Å². The van der Waals surface area contributed by atoms with E-state index in [0.29, 0.717) is 19.4 Å². The average molecular weight is 371 g/mol. The van der Waals surface area contributed by atoms with Gasteiger partial charge in [0, 0.05) is 18.4 Å². The highest BCUT2D eigenvalue weighted by Gasteiger charge is 2.22. The second kappa shape index (κ2) is 17.7. The number of hydrogen-bond donors (Lipinski definition) is 1. The van der Waals surface area contributed by atoms with Gasteiger partial charge in [0.1, 0.15) is 13.2 Å². The molecule has 0 rings (SSSR count). The zero-order valence-corrected chi connectivity index (χ0v) is 17.4. The van der Waals surface area contributed by atoms with E-state index in [1.165, 1.54) is 57.8 Å². The monoisotopic (exact) mass is 370 g/mol. The van der Waals surface area contributed by atoms with Gasteiger partial charge in [0.15, 0.2) is 11.6 Å². The summed E-state index contributed by atoms with van der Waals surface area (Å²) < 4.78 is 5.51. The van der Waals surface area contributed by atoms with E-state index < -0.39 is 6.61 Å². The Morgan fingerprint density at radius 1 is 0.846 bits per heavy atom. The first-order valence-electron chi connectivity index (χ1n) is 10.8. The van der Waals surface area contributed by atoms with Gasteiger partial charge in [-0.25, -0.2) is 0 Å². The molecule has 4 nitrogen and oxygen atoms in total. The minimum Gasteiger partial charge on any atom is -0.389 e. The number of carbonyl (C=O) groups excluding carboxylic acids is 2. The zero-order valence-electron chi connectivity index (χ0n) is 17.4. The van der Waals surface area contributed by atoms with Gasteiger partial charge in [0.05, 0.1) is 0 Å². The van der Waals surface area contributed by atoms with Crippen LogP contribution in [0.3, 0.4) is 0 Å². The summed E-state index contributed by atoms with van der Waals surface area (Å²) in [5.41, 5.74) is 0. The van der Waals surface area contributed by atoms with Crippen molar-refractivity contribution in [2.24, 2.45) is 11.8 Å². The molecule has 0 aliphatic rings. The second-order valence-corrected chi connectivity index (χ2v) is 7.57. The third-order valence-electron chi connectivity index (χ3n) is 5.18. The van der Waals surface area contributed by atoms with E-state index >= 15 is 0 Å². The lowest BCUT2D eigenvalue weighted by molar-refractivity contribution is -0.129. The minimum atomic E-state index is -0.436. The molecule has 0 aromatic rings. The third kappa shape index (κ3) is 13.5. The number of Topliss-reactive ketones (excluding diaryl/α,β-unsaturated/α-hetero) is 2. The number of aliphatic hydroxyl groups is 1. The molecule has 2 unspecified atom stereocenters. The Labute approximate surface area is 161 Å². The van der Waals surface area contributed by atoms with Crippen molar-refractivity contribution in [2.75, 3.05) is 19.8 Å². The Balaban J connectivity index is 3.57. The fourth-order valence-electron chi connectivity index (χ4n) is 3.22. The first-order valence-corrected chi connectivity index (χ1v) is 10.8. The molecule has 0 bridgehead atoms. The summed E-state index contributed by atoms with van der Waals surface area (Å²) >= 11 is 0. The quantitative estimate of drug-likeness (QED) is 0.321. The Kier molecular flexibility index (Phi) is 17.2. The van der Waals surface area contributed by atoms with E-state index in [4.69, 9.17) is 9.84 Å². The molecule has 0 heterocycles. The number of carbonyl (C=O) groups is 2. The standard InChI is InChI=1S/C22H42O4/c1-4-6-7-8-9-10-11-12-13-14-15-26-18-22(25)19(3)16-20(5-2)21(24)17-23/h19-20,23H,4-18H2,1-3H3. The van der Waals surface area contributed by atoms with Gasteiger partial charge in [0.2, 0.25) is 0 Å². The van der Waals surface area contributed by atoms with Crippen LogP contribution >= 0.6 is 0 Å². The molecule has 0 amide bonds. The molecule has 0 spiro atoms. The fourth-order valence-corrected chi connectivity index (χ4v) is 3.22. The topological polar surface area (TPSA) is 63.6 Å². The molecule has 0 aromatic heterocycles. The molecular weight excluding hydrogens is 328 g/mol. The maximum atomic E-state index is 12.1. The van der Waals surface area contributed by atoms with Crippen LogP contribution in [0.15, 0.2) is 0 Å². The molecule has 1 N–H and O–H groups in total. The normalized spacial score (nSPS) is 13.5. The Bertz CT molecular complexity index is 354. The summed E-state index contributed by atoms with van der Waals surface area (Å²) in [5.74, 6) is -0.524. The van der Waals surface area contributed by atoms with Gasteiger partial charge in [-0.05, 0) is 19.3 Å². The Hall–Kier alpha value is -0.740. The molecule has 0 saturated heterocycles. The third-order valence-corrected chi connectivity index (χ3v) is 5.18. The zero-order chi connectivity index (χ0) is 19.6. The van der Waals surface area contributed by atoms with Crippen molar-refractivity contribution in [1.29, 1.82) is 0 Å². The lowest BCUT2D eigenvalue weighted by Crippen LogP contribution is -2.25. The Morgan fingerprint density at radius 3 is 1.88 bits per heavy atom. The summed E-state index contributed by atoms with van der Waals surface area (Å²) in [6.07, 6.45) is 14.0. The van der Waals surface area contributed by atoms with Crippen LogP contribution in [-0.2, 0) is 14.3 Å². The average Bonchev–Trinajstić information content (AvgIpc) is 2.65. The number of ether oxygens (including phenoxy) is 1. The fraction of sp³-hybridized carbons (Fsp3) is 0.909. The van der Waals surface area contributed by atoms with E-state index in [1.54, 1.807) is 0 Å². The van der Waals surface area contributed by atoms with Crippen LogP contribution in [0.2, 0.25) is 0 Å². The van der Waals surface area contributed by atoms with Crippen LogP contribution in [0.1, 0.15) is 97.8 Å². The van der Waals surface area contributed by atoms with Gasteiger partial charge in [-0.15, -0.1) is 0 Å². The van der Waals surface area contributed by atoms with Crippen LogP contribution in [0, 0.1) is 11.8 Å². The van der Waals surface area contributed by atoms with Gasteiger partial charge < -0.3 is 9.84 Å². The number of unbranched alkanes of at least 4 members (excludes halogenated alkanes) is 9. The first kappa shape index (κ1) is 25.3. The minimum absolute atomic E-state index is 0.0567. The molecule has 2 atom stereocenters. The van der Waals surface area contributed by atoms with Crippen molar-refractivity contribution in [3.05, 3.63) is 0 Å². The maximum Gasteiger partial charge on any atom is 0.161 e. The number of ketones is 2. The first-order chi connectivity index (χ1) is 12.6. The van der Waals surface area contributed by atoms with Crippen LogP contribution in [0.4, 0.5) is 0 Å². The lowest BCUT2D eigenvalue weighted by atomic mass is 9.88. The molecule has 0 aromatic carbocycles. The van der Waals surface area contributed by atoms with Crippen molar-refractivity contribution in [2.45, 2.75) is 97.8 Å². The van der Waals surface area contributed by atoms with Gasteiger partial charge in [-0.3, -0.25) is 9.59 Å². The number of hydrogen-bond acceptors (Lipinski definition) is 4. The Morgan fingerprint density at radius 2 is 1.38 bits per heavy atom. The molecule has 0 saturated carbocycles. The van der Waals surface area contributed by atoms with Gasteiger partial charge >= 0.3 is 0 Å². The number of aliphatic hydroxyl groups excluding tert-OH is 1. The van der Waals surface area contributed by atoms with Crippen molar-refractivity contribution in [1.82, 2.24) is 0 Å². The van der Waals surface area contributed by atoms with E-state index in [0.717, 1.165) is 6.42 Å². The molecule has 154 valence electrons. The SMILES string of the molecule is CCCCCCCCCCCCOCC(=O)C(C)CC(CC)C(=O)CO. The van der Waals surface area contributed by atoms with E-state index in [1.807, 2.05) is 13.8 Å². The molecule has 26 heavy (non-hydrogen) atoms. The van der Waals surface area contributed by atoms with Gasteiger partial charge in [-0.1, -0.05) is 78.6 Å². The van der Waals surface area contributed by atoms with E-state index in [9.17, 15) is 9.59 Å². The summed E-state index contributed by atoms with van der Waals surface area (Å²) in [5, 5.41) is 8.95. The van der Waals surface area contributed by atoms with Crippen molar-refractivity contribution in [3.8, 4) is 0 Å². The highest BCUT2D eigenvalue weighted by atomic mass is 16.5. The van der Waals surface area contributed by atoms with Gasteiger partial charge in [0.25, 0.3) is 0 Å². The van der Waals surface area contributed by atoms with Gasteiger partial charge in [-0.2, -0.15) is 0 Å². The smallest absolute Gasteiger partial charge is 0.161 e. The largest absolute Gasteiger partial charge is 0.389 e. The predicted molar refractivity (Wildman–Crippen MR) is 107 cm³/mol. The number of rotatable bonds is 19. The maximum absolute atomic E-state index is 12.1. The van der Waals surface area contributed by atoms with E-state index in [2.05, 4.69) is 6.92 Å². The van der Waals surface area contributed by atoms with Crippen molar-refractivity contribution >= 4 is 11.6 Å². The van der Waals surface area contributed by atoms with E-state index in [-0.39, 0.29) is 30.0 Å². The highest BCUT2D eigenvalue weighted by Crippen LogP contribution is 2.17. The molecule has 0 radical (unpaired) electrons. The van der Waals surface area contributed by atoms with Crippen molar-refractivity contribution in [3.63, 3.8) is 0 Å².